The summed E-state index contributed by atoms with van der Waals surface area (Å²) < 4.78 is 4.99. The lowest BCUT2D eigenvalue weighted by atomic mass is 10.0. The quantitative estimate of drug-likeness (QED) is 0.591. The number of rotatable bonds is 3. The third-order valence-corrected chi connectivity index (χ3v) is 3.58. The van der Waals surface area contributed by atoms with E-state index in [1.54, 1.807) is 24.3 Å². The molecule has 0 saturated heterocycles. The van der Waals surface area contributed by atoms with Crippen LogP contribution in [0.5, 0.6) is 11.5 Å². The first-order chi connectivity index (χ1) is 11.0. The molecule has 0 unspecified atom stereocenters. The Morgan fingerprint density at radius 3 is 2.70 bits per heavy atom. The number of nitro groups is 1. The molecule has 0 saturated carbocycles. The SMILES string of the molecule is COc1cc([C@H]2NC(=O)c3ccccc3N2)c([N+](=O)[O-])cc1O. The van der Waals surface area contributed by atoms with Gasteiger partial charge in [0.1, 0.15) is 6.17 Å². The summed E-state index contributed by atoms with van der Waals surface area (Å²) in [6.45, 7) is 0. The van der Waals surface area contributed by atoms with Gasteiger partial charge in [-0.3, -0.25) is 14.9 Å². The van der Waals surface area contributed by atoms with Gasteiger partial charge in [-0.25, -0.2) is 0 Å². The molecular formula is C15H13N3O5. The third-order valence-electron chi connectivity index (χ3n) is 3.58. The zero-order valence-corrected chi connectivity index (χ0v) is 12.1. The fourth-order valence-corrected chi connectivity index (χ4v) is 2.49. The minimum atomic E-state index is -0.813. The van der Waals surface area contributed by atoms with Gasteiger partial charge in [-0.05, 0) is 18.2 Å². The van der Waals surface area contributed by atoms with Gasteiger partial charge in [0.25, 0.3) is 11.6 Å². The largest absolute Gasteiger partial charge is 0.504 e. The van der Waals surface area contributed by atoms with Gasteiger partial charge in [-0.15, -0.1) is 0 Å². The zero-order valence-electron chi connectivity index (χ0n) is 12.1. The Balaban J connectivity index is 2.09. The van der Waals surface area contributed by atoms with Gasteiger partial charge in [0.15, 0.2) is 11.5 Å². The molecule has 0 radical (unpaired) electrons. The van der Waals surface area contributed by atoms with Crippen LogP contribution >= 0.6 is 0 Å². The van der Waals surface area contributed by atoms with E-state index < -0.39 is 11.1 Å². The topological polar surface area (TPSA) is 114 Å². The highest BCUT2D eigenvalue weighted by molar-refractivity contribution is 6.01. The van der Waals surface area contributed by atoms with E-state index >= 15 is 0 Å². The third kappa shape index (κ3) is 2.50. The van der Waals surface area contributed by atoms with Crippen molar-refractivity contribution in [1.82, 2.24) is 5.32 Å². The van der Waals surface area contributed by atoms with Crippen LogP contribution in [-0.2, 0) is 0 Å². The number of benzene rings is 2. The van der Waals surface area contributed by atoms with Crippen molar-refractivity contribution < 1.29 is 19.6 Å². The van der Waals surface area contributed by atoms with Crippen LogP contribution in [0, 0.1) is 10.1 Å². The van der Waals surface area contributed by atoms with Crippen molar-refractivity contribution >= 4 is 17.3 Å². The molecular weight excluding hydrogens is 302 g/mol. The minimum absolute atomic E-state index is 0.0838. The molecule has 0 aromatic heterocycles. The molecule has 23 heavy (non-hydrogen) atoms. The Kier molecular flexibility index (Phi) is 3.49. The summed E-state index contributed by atoms with van der Waals surface area (Å²) in [5, 5.41) is 26.7. The number of amides is 1. The van der Waals surface area contributed by atoms with Crippen molar-refractivity contribution in [1.29, 1.82) is 0 Å². The second kappa shape index (κ2) is 5.48. The summed E-state index contributed by atoms with van der Waals surface area (Å²) in [6, 6.07) is 9.19. The number of nitrogens with one attached hydrogen (secondary N) is 2. The van der Waals surface area contributed by atoms with Crippen molar-refractivity contribution in [2.45, 2.75) is 6.17 Å². The monoisotopic (exact) mass is 315 g/mol. The van der Waals surface area contributed by atoms with E-state index in [2.05, 4.69) is 10.6 Å². The summed E-state index contributed by atoms with van der Waals surface area (Å²) in [4.78, 5) is 22.8. The molecule has 1 aliphatic rings. The number of aromatic hydroxyl groups is 1. The number of nitrogens with zero attached hydrogens (tertiary/aromatic N) is 1. The van der Waals surface area contributed by atoms with Crippen molar-refractivity contribution in [2.75, 3.05) is 12.4 Å². The lowest BCUT2D eigenvalue weighted by Crippen LogP contribution is -2.38. The molecule has 0 aliphatic carbocycles. The molecule has 8 heteroatoms. The maximum Gasteiger partial charge on any atom is 0.280 e. The number of carbonyl (C=O) groups is 1. The first kappa shape index (κ1) is 14.6. The number of para-hydroxylation sites is 1. The smallest absolute Gasteiger partial charge is 0.280 e. The molecule has 1 aliphatic heterocycles. The minimum Gasteiger partial charge on any atom is -0.504 e. The van der Waals surface area contributed by atoms with E-state index in [0.29, 0.717) is 11.3 Å². The summed E-state index contributed by atoms with van der Waals surface area (Å²) >= 11 is 0. The molecule has 0 spiro atoms. The number of carbonyl (C=O) groups excluding carboxylic acids is 1. The zero-order chi connectivity index (χ0) is 16.6. The molecule has 1 heterocycles. The van der Waals surface area contributed by atoms with Gasteiger partial charge < -0.3 is 20.5 Å². The van der Waals surface area contributed by atoms with E-state index in [1.807, 2.05) is 0 Å². The van der Waals surface area contributed by atoms with Gasteiger partial charge in [0.2, 0.25) is 0 Å². The highest BCUT2D eigenvalue weighted by atomic mass is 16.6. The van der Waals surface area contributed by atoms with Gasteiger partial charge >= 0.3 is 0 Å². The Bertz CT molecular complexity index is 806. The molecule has 1 atom stereocenters. The van der Waals surface area contributed by atoms with Crippen LogP contribution in [0.15, 0.2) is 36.4 Å². The average molecular weight is 315 g/mol. The van der Waals surface area contributed by atoms with Crippen LogP contribution in [0.1, 0.15) is 22.1 Å². The van der Waals surface area contributed by atoms with Crippen LogP contribution in [0.25, 0.3) is 0 Å². The molecule has 8 nitrogen and oxygen atoms in total. The maximum absolute atomic E-state index is 12.2. The predicted molar refractivity (Wildman–Crippen MR) is 81.6 cm³/mol. The van der Waals surface area contributed by atoms with Crippen molar-refractivity contribution in [3.8, 4) is 11.5 Å². The van der Waals surface area contributed by atoms with Gasteiger partial charge in [0, 0.05) is 5.69 Å². The van der Waals surface area contributed by atoms with Crippen LogP contribution in [-0.4, -0.2) is 23.0 Å². The van der Waals surface area contributed by atoms with Gasteiger partial charge in [-0.2, -0.15) is 0 Å². The van der Waals surface area contributed by atoms with E-state index in [4.69, 9.17) is 4.74 Å². The molecule has 2 aromatic carbocycles. The molecule has 2 aromatic rings. The van der Waals surface area contributed by atoms with Crippen molar-refractivity contribution in [3.63, 3.8) is 0 Å². The number of methoxy groups -OCH3 is 1. The first-order valence-corrected chi connectivity index (χ1v) is 6.73. The summed E-state index contributed by atoms with van der Waals surface area (Å²) in [5.41, 5.74) is 0.896. The van der Waals surface area contributed by atoms with Crippen molar-refractivity contribution in [2.24, 2.45) is 0 Å². The number of anilines is 1. The van der Waals surface area contributed by atoms with Crippen LogP contribution < -0.4 is 15.4 Å². The molecule has 3 N–H and O–H groups in total. The molecule has 118 valence electrons. The number of nitro benzene ring substituents is 1. The van der Waals surface area contributed by atoms with E-state index in [0.717, 1.165) is 6.07 Å². The summed E-state index contributed by atoms with van der Waals surface area (Å²) in [6.07, 6.45) is -0.813. The average Bonchev–Trinajstić information content (AvgIpc) is 2.54. The fourth-order valence-electron chi connectivity index (χ4n) is 2.49. The molecule has 3 rings (SSSR count). The molecule has 0 fully saturated rings. The highest BCUT2D eigenvalue weighted by Gasteiger charge is 2.30. The number of fused-ring (bicyclic) bond motifs is 1. The number of hydrogen-bond acceptors (Lipinski definition) is 6. The number of phenols is 1. The summed E-state index contributed by atoms with van der Waals surface area (Å²) in [7, 11) is 1.34. The van der Waals surface area contributed by atoms with Crippen LogP contribution in [0.2, 0.25) is 0 Å². The lowest BCUT2D eigenvalue weighted by Gasteiger charge is -2.28. The summed E-state index contributed by atoms with van der Waals surface area (Å²) in [5.74, 6) is -0.600. The number of phenolic OH excluding ortho intramolecular Hbond substituents is 1. The Labute approximate surface area is 130 Å². The number of hydrogen-bond donors (Lipinski definition) is 3. The Hall–Kier alpha value is -3.29. The highest BCUT2D eigenvalue weighted by Crippen LogP contribution is 2.38. The second-order valence-corrected chi connectivity index (χ2v) is 4.94. The van der Waals surface area contributed by atoms with Gasteiger partial charge in [0.05, 0.1) is 29.2 Å². The maximum atomic E-state index is 12.2. The molecule has 1 amide bonds. The molecule has 0 bridgehead atoms. The first-order valence-electron chi connectivity index (χ1n) is 6.73. The number of ether oxygens (including phenoxy) is 1. The standard InChI is InChI=1S/C15H13N3O5/c1-23-13-6-9(11(18(21)22)7-12(13)19)14-16-10-5-3-2-4-8(10)15(20)17-14/h2-7,14,16,19H,1H3,(H,17,20)/t14-/m1/s1. The normalized spacial score (nSPS) is 16.0. The van der Waals surface area contributed by atoms with E-state index in [-0.39, 0.29) is 28.7 Å². The Morgan fingerprint density at radius 1 is 1.26 bits per heavy atom. The van der Waals surface area contributed by atoms with Gasteiger partial charge in [-0.1, -0.05) is 12.1 Å². The van der Waals surface area contributed by atoms with Crippen molar-refractivity contribution in [3.05, 3.63) is 57.6 Å². The van der Waals surface area contributed by atoms with E-state index in [9.17, 15) is 20.0 Å². The lowest BCUT2D eigenvalue weighted by molar-refractivity contribution is -0.385. The van der Waals surface area contributed by atoms with Crippen LogP contribution in [0.4, 0.5) is 11.4 Å². The van der Waals surface area contributed by atoms with Crippen LogP contribution in [0.3, 0.4) is 0 Å². The second-order valence-electron chi connectivity index (χ2n) is 4.94. The predicted octanol–water partition coefficient (Wildman–Crippen LogP) is 2.16. The fraction of sp³-hybridized carbons (Fsp3) is 0.133. The Morgan fingerprint density at radius 2 is 2.00 bits per heavy atom. The van der Waals surface area contributed by atoms with E-state index in [1.165, 1.54) is 13.2 Å².